The third kappa shape index (κ3) is 3.93. The summed E-state index contributed by atoms with van der Waals surface area (Å²) >= 11 is 0. The van der Waals surface area contributed by atoms with E-state index in [4.69, 9.17) is 4.74 Å². The molecular formula is C14H21FN2O3S. The van der Waals surface area contributed by atoms with Crippen molar-refractivity contribution in [2.75, 3.05) is 26.7 Å². The van der Waals surface area contributed by atoms with Gasteiger partial charge < -0.3 is 4.74 Å². The van der Waals surface area contributed by atoms with Gasteiger partial charge in [-0.05, 0) is 51.1 Å². The third-order valence-corrected chi connectivity index (χ3v) is 5.19. The van der Waals surface area contributed by atoms with Crippen molar-refractivity contribution < 1.29 is 17.5 Å². The number of benzene rings is 1. The molecule has 1 aliphatic rings. The molecule has 0 aromatic heterocycles. The summed E-state index contributed by atoms with van der Waals surface area (Å²) in [5, 5.41) is 0. The summed E-state index contributed by atoms with van der Waals surface area (Å²) in [6.45, 7) is 4.30. The zero-order valence-electron chi connectivity index (χ0n) is 12.3. The maximum atomic E-state index is 13.6. The quantitative estimate of drug-likeness (QED) is 0.866. The van der Waals surface area contributed by atoms with E-state index in [0.717, 1.165) is 32.0 Å². The minimum atomic E-state index is -3.70. The van der Waals surface area contributed by atoms with Gasteiger partial charge in [-0.2, -0.15) is 0 Å². The molecule has 1 heterocycles. The molecule has 118 valence electrons. The van der Waals surface area contributed by atoms with Gasteiger partial charge in [0.2, 0.25) is 10.0 Å². The molecule has 1 saturated heterocycles. The molecule has 2 rings (SSSR count). The fourth-order valence-corrected chi connectivity index (χ4v) is 3.57. The zero-order valence-corrected chi connectivity index (χ0v) is 13.1. The Morgan fingerprint density at radius 3 is 2.62 bits per heavy atom. The molecule has 1 aromatic rings. The third-order valence-electron chi connectivity index (χ3n) is 3.77. The molecule has 1 atom stereocenters. The van der Waals surface area contributed by atoms with Crippen LogP contribution >= 0.6 is 0 Å². The van der Waals surface area contributed by atoms with Gasteiger partial charge >= 0.3 is 0 Å². The van der Waals surface area contributed by atoms with Crippen LogP contribution in [0.1, 0.15) is 19.8 Å². The van der Waals surface area contributed by atoms with E-state index < -0.39 is 15.8 Å². The zero-order chi connectivity index (χ0) is 15.5. The van der Waals surface area contributed by atoms with Gasteiger partial charge in [0.1, 0.15) is 0 Å². The Morgan fingerprint density at radius 2 is 2.05 bits per heavy atom. The fraction of sp³-hybridized carbons (Fsp3) is 0.571. The number of hydrogen-bond donors (Lipinski definition) is 1. The van der Waals surface area contributed by atoms with Gasteiger partial charge in [0, 0.05) is 12.6 Å². The molecule has 0 saturated carbocycles. The molecule has 21 heavy (non-hydrogen) atoms. The summed E-state index contributed by atoms with van der Waals surface area (Å²) in [5.41, 5.74) is 0. The number of methoxy groups -OCH3 is 1. The topological polar surface area (TPSA) is 58.6 Å². The highest BCUT2D eigenvalue weighted by Crippen LogP contribution is 2.20. The smallest absolute Gasteiger partial charge is 0.240 e. The van der Waals surface area contributed by atoms with Crippen LogP contribution in [0, 0.1) is 5.82 Å². The Bertz CT molecular complexity index is 586. The van der Waals surface area contributed by atoms with E-state index in [9.17, 15) is 12.8 Å². The molecule has 1 aliphatic heterocycles. The van der Waals surface area contributed by atoms with E-state index in [1.807, 2.05) is 6.92 Å². The average Bonchev–Trinajstić information content (AvgIpc) is 2.99. The van der Waals surface area contributed by atoms with Crippen molar-refractivity contribution in [3.63, 3.8) is 0 Å². The molecule has 1 aromatic carbocycles. The van der Waals surface area contributed by atoms with Gasteiger partial charge in [-0.3, -0.25) is 4.90 Å². The molecule has 0 radical (unpaired) electrons. The van der Waals surface area contributed by atoms with Crippen molar-refractivity contribution in [3.05, 3.63) is 24.0 Å². The predicted molar refractivity (Wildman–Crippen MR) is 78.4 cm³/mol. The summed E-state index contributed by atoms with van der Waals surface area (Å²) in [7, 11) is -2.37. The molecule has 5 nitrogen and oxygen atoms in total. The van der Waals surface area contributed by atoms with Crippen LogP contribution in [0.15, 0.2) is 23.1 Å². The predicted octanol–water partition coefficient (Wildman–Crippen LogP) is 1.60. The molecule has 0 aliphatic carbocycles. The summed E-state index contributed by atoms with van der Waals surface area (Å²) in [4.78, 5) is 2.16. The number of ether oxygens (including phenoxy) is 1. The minimum Gasteiger partial charge on any atom is -0.494 e. The van der Waals surface area contributed by atoms with E-state index >= 15 is 0 Å². The molecule has 1 N–H and O–H groups in total. The maximum absolute atomic E-state index is 13.6. The van der Waals surface area contributed by atoms with Gasteiger partial charge in [0.05, 0.1) is 12.0 Å². The Kier molecular flexibility index (Phi) is 5.18. The standard InChI is InChI=1S/C14H21FN2O3S/c1-11(17-7-3-4-8-17)10-16-21(18,19)12-5-6-14(20-2)13(15)9-12/h5-6,9,11,16H,3-4,7-8,10H2,1-2H3/t11-/m0/s1. The van der Waals surface area contributed by atoms with Crippen LogP contribution in [0.25, 0.3) is 0 Å². The van der Waals surface area contributed by atoms with E-state index in [-0.39, 0.29) is 16.7 Å². The first kappa shape index (κ1) is 16.2. The Hall–Kier alpha value is -1.18. The van der Waals surface area contributed by atoms with Gasteiger partial charge in [0.25, 0.3) is 0 Å². The van der Waals surface area contributed by atoms with Crippen molar-refractivity contribution in [2.45, 2.75) is 30.7 Å². The summed E-state index contributed by atoms with van der Waals surface area (Å²) < 4.78 is 45.3. The van der Waals surface area contributed by atoms with E-state index in [0.29, 0.717) is 6.54 Å². The monoisotopic (exact) mass is 316 g/mol. The summed E-state index contributed by atoms with van der Waals surface area (Å²) in [5.74, 6) is -0.660. The molecule has 0 amide bonds. The van der Waals surface area contributed by atoms with Gasteiger partial charge in [-0.15, -0.1) is 0 Å². The lowest BCUT2D eigenvalue weighted by Gasteiger charge is -2.23. The Morgan fingerprint density at radius 1 is 1.38 bits per heavy atom. The molecule has 7 heteroatoms. The van der Waals surface area contributed by atoms with E-state index in [1.165, 1.54) is 19.2 Å². The number of halogens is 1. The van der Waals surface area contributed by atoms with E-state index in [1.54, 1.807) is 0 Å². The van der Waals surface area contributed by atoms with Crippen LogP contribution in [0.4, 0.5) is 4.39 Å². The van der Waals surface area contributed by atoms with Crippen molar-refractivity contribution in [3.8, 4) is 5.75 Å². The second-order valence-corrected chi connectivity index (χ2v) is 7.01. The molecular weight excluding hydrogens is 295 g/mol. The lowest BCUT2D eigenvalue weighted by atomic mass is 10.3. The van der Waals surface area contributed by atoms with Crippen LogP contribution in [0.5, 0.6) is 5.75 Å². The number of likely N-dealkylation sites (tertiary alicyclic amines) is 1. The molecule has 1 fully saturated rings. The first-order valence-corrected chi connectivity index (χ1v) is 8.49. The Balaban J connectivity index is 2.02. The number of nitrogens with zero attached hydrogens (tertiary/aromatic N) is 1. The van der Waals surface area contributed by atoms with Crippen molar-refractivity contribution in [1.82, 2.24) is 9.62 Å². The largest absolute Gasteiger partial charge is 0.494 e. The van der Waals surface area contributed by atoms with Gasteiger partial charge in [-0.1, -0.05) is 0 Å². The first-order valence-electron chi connectivity index (χ1n) is 7.01. The van der Waals surface area contributed by atoms with Crippen molar-refractivity contribution in [1.29, 1.82) is 0 Å². The van der Waals surface area contributed by atoms with Crippen LogP contribution in [-0.2, 0) is 10.0 Å². The SMILES string of the molecule is COc1ccc(S(=O)(=O)NC[C@H](C)N2CCCC2)cc1F. The molecule has 0 bridgehead atoms. The fourth-order valence-electron chi connectivity index (χ4n) is 2.44. The number of rotatable bonds is 6. The summed E-state index contributed by atoms with van der Waals surface area (Å²) in [6.07, 6.45) is 2.31. The second kappa shape index (κ2) is 6.72. The Labute approximate surface area is 125 Å². The lowest BCUT2D eigenvalue weighted by Crippen LogP contribution is -2.40. The number of nitrogens with one attached hydrogen (secondary N) is 1. The lowest BCUT2D eigenvalue weighted by molar-refractivity contribution is 0.260. The van der Waals surface area contributed by atoms with Crippen LogP contribution in [-0.4, -0.2) is 46.1 Å². The molecule has 0 unspecified atom stereocenters. The highest BCUT2D eigenvalue weighted by molar-refractivity contribution is 7.89. The second-order valence-electron chi connectivity index (χ2n) is 5.24. The normalized spacial score (nSPS) is 17.9. The first-order chi connectivity index (χ1) is 9.94. The number of sulfonamides is 1. The van der Waals surface area contributed by atoms with Crippen LogP contribution in [0.3, 0.4) is 0 Å². The average molecular weight is 316 g/mol. The van der Waals surface area contributed by atoms with E-state index in [2.05, 4.69) is 9.62 Å². The molecule has 0 spiro atoms. The highest BCUT2D eigenvalue weighted by atomic mass is 32.2. The van der Waals surface area contributed by atoms with Crippen molar-refractivity contribution >= 4 is 10.0 Å². The minimum absolute atomic E-state index is 0.0272. The summed E-state index contributed by atoms with van der Waals surface area (Å²) in [6, 6.07) is 3.76. The van der Waals surface area contributed by atoms with Gasteiger partial charge in [-0.25, -0.2) is 17.5 Å². The van der Waals surface area contributed by atoms with Crippen LogP contribution < -0.4 is 9.46 Å². The highest BCUT2D eigenvalue weighted by Gasteiger charge is 2.21. The van der Waals surface area contributed by atoms with Crippen LogP contribution in [0.2, 0.25) is 0 Å². The van der Waals surface area contributed by atoms with Crippen molar-refractivity contribution in [2.24, 2.45) is 0 Å². The number of hydrogen-bond acceptors (Lipinski definition) is 4. The van der Waals surface area contributed by atoms with Gasteiger partial charge in [0.15, 0.2) is 11.6 Å². The maximum Gasteiger partial charge on any atom is 0.240 e.